The largest absolute Gasteiger partial charge is 0.491 e. The predicted octanol–water partition coefficient (Wildman–Crippen LogP) is 2.48. The molecular formula is C15H14ClNO3. The molecule has 0 fully saturated rings. The standard InChI is InChI=1S/C15H14ClNO3/c16-13-4-2-1-3-11(13)12-9-10(15(17)19)5-6-14(12)20-8-7-18/h1-6,9,18H,7-8H2,(H2,17,19). The number of nitrogens with two attached hydrogens (primary N) is 1. The number of carbonyl (C=O) groups excluding carboxylic acids is 1. The molecule has 0 unspecified atom stereocenters. The number of carbonyl (C=O) groups is 1. The van der Waals surface area contributed by atoms with Gasteiger partial charge in [0.1, 0.15) is 12.4 Å². The van der Waals surface area contributed by atoms with Gasteiger partial charge in [0.25, 0.3) is 0 Å². The summed E-state index contributed by atoms with van der Waals surface area (Å²) in [6.07, 6.45) is 0. The van der Waals surface area contributed by atoms with E-state index in [1.165, 1.54) is 0 Å². The Kier molecular flexibility index (Phi) is 4.61. The van der Waals surface area contributed by atoms with E-state index in [4.69, 9.17) is 27.2 Å². The minimum atomic E-state index is -0.521. The molecule has 0 aliphatic heterocycles. The highest BCUT2D eigenvalue weighted by molar-refractivity contribution is 6.33. The van der Waals surface area contributed by atoms with Gasteiger partial charge in [0, 0.05) is 21.7 Å². The van der Waals surface area contributed by atoms with Gasteiger partial charge in [-0.25, -0.2) is 0 Å². The van der Waals surface area contributed by atoms with Crippen LogP contribution in [-0.2, 0) is 0 Å². The Morgan fingerprint density at radius 2 is 1.95 bits per heavy atom. The molecule has 0 saturated carbocycles. The molecule has 0 aliphatic rings. The molecule has 2 aromatic rings. The highest BCUT2D eigenvalue weighted by Crippen LogP contribution is 2.35. The number of hydrogen-bond donors (Lipinski definition) is 2. The first-order chi connectivity index (χ1) is 9.63. The van der Waals surface area contributed by atoms with E-state index in [9.17, 15) is 4.79 Å². The number of halogens is 1. The van der Waals surface area contributed by atoms with Gasteiger partial charge in [-0.05, 0) is 24.3 Å². The Morgan fingerprint density at radius 3 is 2.60 bits per heavy atom. The highest BCUT2D eigenvalue weighted by Gasteiger charge is 2.12. The number of aliphatic hydroxyl groups excluding tert-OH is 1. The maximum Gasteiger partial charge on any atom is 0.248 e. The molecule has 4 nitrogen and oxygen atoms in total. The molecular weight excluding hydrogens is 278 g/mol. The Hall–Kier alpha value is -2.04. The average molecular weight is 292 g/mol. The van der Waals surface area contributed by atoms with Crippen LogP contribution in [0.5, 0.6) is 5.75 Å². The minimum Gasteiger partial charge on any atom is -0.491 e. The molecule has 1 amide bonds. The normalized spacial score (nSPS) is 10.3. The lowest BCUT2D eigenvalue weighted by Crippen LogP contribution is -2.11. The van der Waals surface area contributed by atoms with E-state index in [-0.39, 0.29) is 13.2 Å². The topological polar surface area (TPSA) is 72.6 Å². The molecule has 3 N–H and O–H groups in total. The van der Waals surface area contributed by atoms with Crippen molar-refractivity contribution in [1.82, 2.24) is 0 Å². The van der Waals surface area contributed by atoms with E-state index < -0.39 is 5.91 Å². The van der Waals surface area contributed by atoms with Crippen molar-refractivity contribution >= 4 is 17.5 Å². The van der Waals surface area contributed by atoms with Crippen LogP contribution < -0.4 is 10.5 Å². The van der Waals surface area contributed by atoms with Crippen LogP contribution in [0.3, 0.4) is 0 Å². The number of ether oxygens (including phenoxy) is 1. The van der Waals surface area contributed by atoms with Crippen molar-refractivity contribution < 1.29 is 14.6 Å². The number of amides is 1. The summed E-state index contributed by atoms with van der Waals surface area (Å²) in [6, 6.07) is 12.1. The molecule has 2 rings (SSSR count). The number of aliphatic hydroxyl groups is 1. The second kappa shape index (κ2) is 6.41. The Bertz CT molecular complexity index is 628. The molecule has 0 aliphatic carbocycles. The first-order valence-electron chi connectivity index (χ1n) is 6.06. The molecule has 5 heteroatoms. The molecule has 0 saturated heterocycles. The van der Waals surface area contributed by atoms with Crippen molar-refractivity contribution in [3.63, 3.8) is 0 Å². The van der Waals surface area contributed by atoms with Crippen LogP contribution in [0.2, 0.25) is 5.02 Å². The molecule has 0 bridgehead atoms. The highest BCUT2D eigenvalue weighted by atomic mass is 35.5. The second-order valence-corrected chi connectivity index (χ2v) is 4.53. The van der Waals surface area contributed by atoms with Crippen molar-refractivity contribution in [2.75, 3.05) is 13.2 Å². The van der Waals surface area contributed by atoms with Crippen molar-refractivity contribution in [2.24, 2.45) is 5.73 Å². The van der Waals surface area contributed by atoms with Crippen molar-refractivity contribution in [3.8, 4) is 16.9 Å². The van der Waals surface area contributed by atoms with Gasteiger partial charge in [-0.15, -0.1) is 0 Å². The van der Waals surface area contributed by atoms with Gasteiger partial charge in [0.15, 0.2) is 0 Å². The van der Waals surface area contributed by atoms with Crippen molar-refractivity contribution in [2.45, 2.75) is 0 Å². The van der Waals surface area contributed by atoms with Crippen LogP contribution in [0.15, 0.2) is 42.5 Å². The van der Waals surface area contributed by atoms with Crippen molar-refractivity contribution in [1.29, 1.82) is 0 Å². The Morgan fingerprint density at radius 1 is 1.20 bits per heavy atom. The van der Waals surface area contributed by atoms with Gasteiger partial charge in [0.05, 0.1) is 6.61 Å². The number of primary amides is 1. The summed E-state index contributed by atoms with van der Waals surface area (Å²) < 4.78 is 5.47. The fraction of sp³-hybridized carbons (Fsp3) is 0.133. The van der Waals surface area contributed by atoms with Crippen LogP contribution in [0, 0.1) is 0 Å². The van der Waals surface area contributed by atoms with E-state index in [1.807, 2.05) is 18.2 Å². The average Bonchev–Trinajstić information content (AvgIpc) is 2.45. The lowest BCUT2D eigenvalue weighted by Gasteiger charge is -2.13. The lowest BCUT2D eigenvalue weighted by atomic mass is 10.0. The zero-order valence-corrected chi connectivity index (χ0v) is 11.4. The summed E-state index contributed by atoms with van der Waals surface area (Å²) in [7, 11) is 0. The third kappa shape index (κ3) is 3.10. The lowest BCUT2D eigenvalue weighted by molar-refractivity contribution is 0.1000. The predicted molar refractivity (Wildman–Crippen MR) is 78.0 cm³/mol. The van der Waals surface area contributed by atoms with Gasteiger partial charge >= 0.3 is 0 Å². The Labute approximate surface area is 121 Å². The summed E-state index contributed by atoms with van der Waals surface area (Å²) in [5.41, 5.74) is 7.08. The van der Waals surface area contributed by atoms with E-state index in [2.05, 4.69) is 0 Å². The third-order valence-corrected chi connectivity index (χ3v) is 3.11. The van der Waals surface area contributed by atoms with Gasteiger partial charge in [-0.1, -0.05) is 29.8 Å². The van der Waals surface area contributed by atoms with Gasteiger partial charge in [0.2, 0.25) is 5.91 Å². The van der Waals surface area contributed by atoms with Gasteiger partial charge < -0.3 is 15.6 Å². The summed E-state index contributed by atoms with van der Waals surface area (Å²) in [5.74, 6) is 0.0177. The summed E-state index contributed by atoms with van der Waals surface area (Å²) in [4.78, 5) is 11.3. The summed E-state index contributed by atoms with van der Waals surface area (Å²) in [5, 5.41) is 9.41. The maximum atomic E-state index is 11.3. The van der Waals surface area contributed by atoms with Gasteiger partial charge in [-0.3, -0.25) is 4.79 Å². The first kappa shape index (κ1) is 14.4. The van der Waals surface area contributed by atoms with E-state index >= 15 is 0 Å². The molecule has 0 heterocycles. The zero-order valence-electron chi connectivity index (χ0n) is 10.7. The van der Waals surface area contributed by atoms with Crippen LogP contribution in [-0.4, -0.2) is 24.2 Å². The van der Waals surface area contributed by atoms with E-state index in [0.717, 1.165) is 5.56 Å². The second-order valence-electron chi connectivity index (χ2n) is 4.13. The summed E-state index contributed by atoms with van der Waals surface area (Å²) in [6.45, 7) is 0.0624. The molecule has 2 aromatic carbocycles. The Balaban J connectivity index is 2.54. The number of benzene rings is 2. The first-order valence-corrected chi connectivity index (χ1v) is 6.43. The molecule has 0 radical (unpaired) electrons. The van der Waals surface area contributed by atoms with Gasteiger partial charge in [-0.2, -0.15) is 0 Å². The monoisotopic (exact) mass is 291 g/mol. The fourth-order valence-electron chi connectivity index (χ4n) is 1.85. The number of rotatable bonds is 5. The van der Waals surface area contributed by atoms with Crippen LogP contribution in [0.4, 0.5) is 0 Å². The summed E-state index contributed by atoms with van der Waals surface area (Å²) >= 11 is 6.18. The maximum absolute atomic E-state index is 11.3. The molecule has 0 aromatic heterocycles. The van der Waals surface area contributed by atoms with Crippen LogP contribution >= 0.6 is 11.6 Å². The quantitative estimate of drug-likeness (QED) is 0.889. The van der Waals surface area contributed by atoms with Crippen molar-refractivity contribution in [3.05, 3.63) is 53.1 Å². The fourth-order valence-corrected chi connectivity index (χ4v) is 2.09. The van der Waals surface area contributed by atoms with Crippen LogP contribution in [0.25, 0.3) is 11.1 Å². The third-order valence-electron chi connectivity index (χ3n) is 2.78. The molecule has 104 valence electrons. The van der Waals surface area contributed by atoms with E-state index in [0.29, 0.717) is 21.9 Å². The zero-order chi connectivity index (χ0) is 14.5. The van der Waals surface area contributed by atoms with Crippen LogP contribution in [0.1, 0.15) is 10.4 Å². The molecule has 20 heavy (non-hydrogen) atoms. The minimum absolute atomic E-state index is 0.0977. The molecule has 0 spiro atoms. The van der Waals surface area contributed by atoms with E-state index in [1.54, 1.807) is 24.3 Å². The smallest absolute Gasteiger partial charge is 0.248 e. The molecule has 0 atom stereocenters. The number of hydrogen-bond acceptors (Lipinski definition) is 3. The SMILES string of the molecule is NC(=O)c1ccc(OCCO)c(-c2ccccc2Cl)c1.